The van der Waals surface area contributed by atoms with E-state index in [0.29, 0.717) is 0 Å². The van der Waals surface area contributed by atoms with E-state index >= 15 is 0 Å². The molecule has 172 valence electrons. The van der Waals surface area contributed by atoms with Crippen molar-refractivity contribution in [2.24, 2.45) is 0 Å². The zero-order valence-corrected chi connectivity index (χ0v) is 20.5. The van der Waals surface area contributed by atoms with Crippen LogP contribution in [0.1, 0.15) is 26.6 Å². The van der Waals surface area contributed by atoms with Gasteiger partial charge in [-0.25, -0.2) is 19.9 Å². The van der Waals surface area contributed by atoms with E-state index in [2.05, 4.69) is 62.9 Å². The zero-order chi connectivity index (χ0) is 24.0. The number of nitrogens with zero attached hydrogens (tertiary/aromatic N) is 6. The lowest BCUT2D eigenvalue weighted by atomic mass is 10.0. The van der Waals surface area contributed by atoms with E-state index in [1.54, 1.807) is 19.5 Å². The van der Waals surface area contributed by atoms with Gasteiger partial charge in [0, 0.05) is 34.6 Å². The molecule has 3 heterocycles. The SMILES string of the molecule is COc1ccc(-c2nc(C)ns2)c(-c2nc3cc(-c4cnc(N)nc4)ccc3n2C(C)(C)C)c1. The summed E-state index contributed by atoms with van der Waals surface area (Å²) in [6.07, 6.45) is 3.45. The molecule has 2 aromatic carbocycles. The molecule has 0 aliphatic carbocycles. The normalized spacial score (nSPS) is 11.8. The molecule has 0 bridgehead atoms. The fourth-order valence-corrected chi connectivity index (χ4v) is 4.74. The van der Waals surface area contributed by atoms with Crippen molar-refractivity contribution in [1.82, 2.24) is 28.9 Å². The van der Waals surface area contributed by atoms with Crippen LogP contribution < -0.4 is 10.5 Å². The second kappa shape index (κ2) is 8.18. The maximum absolute atomic E-state index is 5.66. The van der Waals surface area contributed by atoms with Crippen LogP contribution in [0.5, 0.6) is 5.75 Å². The number of nitrogen functional groups attached to an aromatic ring is 1. The largest absolute Gasteiger partial charge is 0.497 e. The van der Waals surface area contributed by atoms with Gasteiger partial charge in [-0.05, 0) is 75.1 Å². The highest BCUT2D eigenvalue weighted by atomic mass is 32.1. The molecular formula is C25H25N7OS. The molecule has 34 heavy (non-hydrogen) atoms. The van der Waals surface area contributed by atoms with Crippen molar-refractivity contribution < 1.29 is 4.74 Å². The average Bonchev–Trinajstić information content (AvgIpc) is 3.42. The molecule has 0 aliphatic heterocycles. The minimum absolute atomic E-state index is 0.229. The van der Waals surface area contributed by atoms with Gasteiger partial charge in [0.1, 0.15) is 22.4 Å². The number of imidazole rings is 1. The summed E-state index contributed by atoms with van der Waals surface area (Å²) in [5.74, 6) is 2.60. The van der Waals surface area contributed by atoms with Gasteiger partial charge in [-0.2, -0.15) is 4.37 Å². The summed E-state index contributed by atoms with van der Waals surface area (Å²) in [4.78, 5) is 18.0. The molecular weight excluding hydrogens is 446 g/mol. The predicted molar refractivity (Wildman–Crippen MR) is 136 cm³/mol. The lowest BCUT2D eigenvalue weighted by Gasteiger charge is -2.25. The van der Waals surface area contributed by atoms with Crippen molar-refractivity contribution in [2.45, 2.75) is 33.2 Å². The van der Waals surface area contributed by atoms with E-state index in [4.69, 9.17) is 15.5 Å². The van der Waals surface area contributed by atoms with Crippen LogP contribution in [0.4, 0.5) is 5.95 Å². The fourth-order valence-electron chi connectivity index (χ4n) is 4.03. The van der Waals surface area contributed by atoms with Crippen LogP contribution in [0, 0.1) is 6.92 Å². The number of anilines is 1. The molecule has 9 heteroatoms. The van der Waals surface area contributed by atoms with Crippen LogP contribution in [0.2, 0.25) is 0 Å². The van der Waals surface area contributed by atoms with Crippen LogP contribution in [-0.4, -0.2) is 36.0 Å². The van der Waals surface area contributed by atoms with Gasteiger partial charge in [0.15, 0.2) is 0 Å². The third kappa shape index (κ3) is 3.88. The Labute approximate surface area is 201 Å². The summed E-state index contributed by atoms with van der Waals surface area (Å²) in [6, 6.07) is 12.2. The molecule has 0 aliphatic rings. The second-order valence-corrected chi connectivity index (χ2v) is 9.79. The smallest absolute Gasteiger partial charge is 0.219 e. The maximum atomic E-state index is 5.66. The number of ether oxygens (including phenoxy) is 1. The lowest BCUT2D eigenvalue weighted by Crippen LogP contribution is -2.22. The first kappa shape index (κ1) is 22.0. The van der Waals surface area contributed by atoms with Gasteiger partial charge in [-0.1, -0.05) is 6.07 Å². The summed E-state index contributed by atoms with van der Waals surface area (Å²) < 4.78 is 12.2. The van der Waals surface area contributed by atoms with Gasteiger partial charge in [0.25, 0.3) is 0 Å². The lowest BCUT2D eigenvalue weighted by molar-refractivity contribution is 0.410. The fraction of sp³-hybridized carbons (Fsp3) is 0.240. The highest BCUT2D eigenvalue weighted by molar-refractivity contribution is 7.09. The van der Waals surface area contributed by atoms with Gasteiger partial charge in [-0.3, -0.25) is 0 Å². The Morgan fingerprint density at radius 1 is 0.941 bits per heavy atom. The van der Waals surface area contributed by atoms with E-state index < -0.39 is 0 Å². The highest BCUT2D eigenvalue weighted by Crippen LogP contribution is 2.39. The first-order valence-electron chi connectivity index (χ1n) is 10.8. The number of rotatable bonds is 4. The Morgan fingerprint density at radius 2 is 1.71 bits per heavy atom. The number of aryl methyl sites for hydroxylation is 1. The summed E-state index contributed by atoms with van der Waals surface area (Å²) in [6.45, 7) is 8.42. The van der Waals surface area contributed by atoms with E-state index in [1.165, 1.54) is 11.5 Å². The Bertz CT molecular complexity index is 1500. The molecule has 0 unspecified atom stereocenters. The topological polar surface area (TPSA) is 105 Å². The standard InChI is InChI=1S/C25H25N7OS/c1-14-29-23(34-31-14)18-8-7-17(33-5)11-19(18)22-30-20-10-15(16-12-27-24(26)28-13-16)6-9-21(20)32(22)25(2,3)4/h6-13H,1-5H3,(H2,26,27,28). The average molecular weight is 472 g/mol. The number of nitrogens with two attached hydrogens (primary N) is 1. The zero-order valence-electron chi connectivity index (χ0n) is 19.7. The molecule has 5 rings (SSSR count). The van der Waals surface area contributed by atoms with Crippen LogP contribution in [0.15, 0.2) is 48.8 Å². The number of fused-ring (bicyclic) bond motifs is 1. The second-order valence-electron chi connectivity index (χ2n) is 9.03. The quantitative estimate of drug-likeness (QED) is 0.377. The number of hydrogen-bond acceptors (Lipinski definition) is 8. The summed E-state index contributed by atoms with van der Waals surface area (Å²) in [5.41, 5.74) is 11.1. The summed E-state index contributed by atoms with van der Waals surface area (Å²) >= 11 is 1.38. The maximum Gasteiger partial charge on any atom is 0.219 e. The monoisotopic (exact) mass is 471 g/mol. The molecule has 2 N–H and O–H groups in total. The van der Waals surface area contributed by atoms with Gasteiger partial charge in [-0.15, -0.1) is 0 Å². The molecule has 0 radical (unpaired) electrons. The summed E-state index contributed by atoms with van der Waals surface area (Å²) in [5, 5.41) is 0.849. The number of aromatic nitrogens is 6. The third-order valence-corrected chi connectivity index (χ3v) is 6.40. The highest BCUT2D eigenvalue weighted by Gasteiger charge is 2.25. The van der Waals surface area contributed by atoms with Crippen LogP contribution >= 0.6 is 11.5 Å². The number of hydrogen-bond donors (Lipinski definition) is 1. The first-order chi connectivity index (χ1) is 16.2. The molecule has 0 fully saturated rings. The van der Waals surface area contributed by atoms with Gasteiger partial charge >= 0.3 is 0 Å². The van der Waals surface area contributed by atoms with Crippen LogP contribution in [0.3, 0.4) is 0 Å². The van der Waals surface area contributed by atoms with Gasteiger partial charge in [0.2, 0.25) is 5.95 Å². The first-order valence-corrected chi connectivity index (χ1v) is 11.6. The molecule has 0 amide bonds. The van der Waals surface area contributed by atoms with E-state index in [0.717, 1.165) is 55.7 Å². The minimum atomic E-state index is -0.229. The van der Waals surface area contributed by atoms with Gasteiger partial charge < -0.3 is 15.0 Å². The molecule has 0 saturated heterocycles. The van der Waals surface area contributed by atoms with Crippen molar-refractivity contribution in [3.8, 4) is 38.8 Å². The molecule has 0 spiro atoms. The third-order valence-electron chi connectivity index (χ3n) is 5.56. The van der Waals surface area contributed by atoms with Crippen LogP contribution in [-0.2, 0) is 5.54 Å². The number of benzene rings is 2. The Kier molecular flexibility index (Phi) is 5.28. The molecule has 0 atom stereocenters. The molecule has 3 aromatic heterocycles. The van der Waals surface area contributed by atoms with Crippen molar-refractivity contribution in [1.29, 1.82) is 0 Å². The van der Waals surface area contributed by atoms with Crippen molar-refractivity contribution >= 4 is 28.5 Å². The van der Waals surface area contributed by atoms with Gasteiger partial charge in [0.05, 0.1) is 18.1 Å². The predicted octanol–water partition coefficient (Wildman–Crippen LogP) is 5.33. The van der Waals surface area contributed by atoms with E-state index in [9.17, 15) is 0 Å². The van der Waals surface area contributed by atoms with Crippen molar-refractivity contribution in [2.75, 3.05) is 12.8 Å². The Hall–Kier alpha value is -3.85. The van der Waals surface area contributed by atoms with Crippen molar-refractivity contribution in [3.05, 3.63) is 54.6 Å². The van der Waals surface area contributed by atoms with Crippen LogP contribution in [0.25, 0.3) is 44.1 Å². The van der Waals surface area contributed by atoms with Crippen molar-refractivity contribution in [3.63, 3.8) is 0 Å². The summed E-state index contributed by atoms with van der Waals surface area (Å²) in [7, 11) is 1.67. The molecule has 5 aromatic rings. The number of methoxy groups -OCH3 is 1. The Balaban J connectivity index is 1.77. The Morgan fingerprint density at radius 3 is 2.35 bits per heavy atom. The van der Waals surface area contributed by atoms with E-state index in [1.807, 2.05) is 25.1 Å². The molecule has 8 nitrogen and oxygen atoms in total. The minimum Gasteiger partial charge on any atom is -0.497 e. The van der Waals surface area contributed by atoms with E-state index in [-0.39, 0.29) is 11.5 Å². The molecule has 0 saturated carbocycles.